The Morgan fingerprint density at radius 1 is 1.06 bits per heavy atom. The molecule has 7 heteroatoms. The van der Waals surface area contributed by atoms with Crippen molar-refractivity contribution < 1.29 is 23.8 Å². The van der Waals surface area contributed by atoms with Crippen LogP contribution in [0.3, 0.4) is 0 Å². The van der Waals surface area contributed by atoms with Gasteiger partial charge in [0.25, 0.3) is 5.91 Å². The Morgan fingerprint density at radius 3 is 2.39 bits per heavy atom. The molecule has 2 aromatic carbocycles. The van der Waals surface area contributed by atoms with Gasteiger partial charge >= 0.3 is 5.97 Å². The monoisotopic (exact) mass is 418 g/mol. The van der Waals surface area contributed by atoms with Gasteiger partial charge < -0.3 is 19.5 Å². The van der Waals surface area contributed by atoms with Gasteiger partial charge in [0.2, 0.25) is 0 Å². The second-order valence-electron chi connectivity index (χ2n) is 6.11. The maximum absolute atomic E-state index is 12.2. The van der Waals surface area contributed by atoms with E-state index in [0.717, 1.165) is 11.3 Å². The van der Waals surface area contributed by atoms with Crippen molar-refractivity contribution in [3.8, 4) is 23.3 Å². The van der Waals surface area contributed by atoms with E-state index in [4.69, 9.17) is 14.2 Å². The van der Waals surface area contributed by atoms with Gasteiger partial charge in [0.05, 0.1) is 14.2 Å². The van der Waals surface area contributed by atoms with E-state index in [2.05, 4.69) is 11.9 Å². The fourth-order valence-corrected chi connectivity index (χ4v) is 2.46. The molecule has 0 aliphatic carbocycles. The van der Waals surface area contributed by atoms with Crippen LogP contribution in [-0.4, -0.2) is 32.6 Å². The average Bonchev–Trinajstić information content (AvgIpc) is 2.80. The Hall–Kier alpha value is -4.31. The van der Waals surface area contributed by atoms with Crippen LogP contribution in [0.15, 0.2) is 66.8 Å². The van der Waals surface area contributed by atoms with Crippen LogP contribution >= 0.6 is 0 Å². The predicted octanol–water partition coefficient (Wildman–Crippen LogP) is 3.53. The van der Waals surface area contributed by atoms with Crippen LogP contribution < -0.4 is 19.5 Å². The number of nitrogens with zero attached hydrogens (tertiary/aromatic N) is 1. The third-order valence-electron chi connectivity index (χ3n) is 4.01. The van der Waals surface area contributed by atoms with Crippen molar-refractivity contribution in [2.24, 2.45) is 0 Å². The van der Waals surface area contributed by atoms with Crippen LogP contribution in [0.2, 0.25) is 0 Å². The van der Waals surface area contributed by atoms with Gasteiger partial charge in [-0.2, -0.15) is 5.26 Å². The number of benzene rings is 2. The van der Waals surface area contributed by atoms with Gasteiger partial charge in [-0.15, -0.1) is 6.58 Å². The molecule has 1 amide bonds. The van der Waals surface area contributed by atoms with E-state index in [-0.39, 0.29) is 23.6 Å². The number of carbonyl (C=O) groups excluding carboxylic acids is 2. The minimum absolute atomic E-state index is 0.0731. The van der Waals surface area contributed by atoms with E-state index in [9.17, 15) is 14.9 Å². The third-order valence-corrected chi connectivity index (χ3v) is 4.01. The molecule has 7 nitrogen and oxygen atoms in total. The zero-order chi connectivity index (χ0) is 22.6. The lowest BCUT2D eigenvalue weighted by Gasteiger charge is -2.09. The number of carbonyl (C=O) groups is 2. The topological polar surface area (TPSA) is 97.7 Å². The van der Waals surface area contributed by atoms with Crippen molar-refractivity contribution in [2.45, 2.75) is 0 Å². The molecular formula is C24H22N2O5. The highest BCUT2D eigenvalue weighted by Gasteiger charge is 2.11. The lowest BCUT2D eigenvalue weighted by Crippen LogP contribution is -2.24. The van der Waals surface area contributed by atoms with Crippen LogP contribution in [0.1, 0.15) is 11.1 Å². The molecular weight excluding hydrogens is 396 g/mol. The highest BCUT2D eigenvalue weighted by atomic mass is 16.6. The first-order valence-corrected chi connectivity index (χ1v) is 9.23. The summed E-state index contributed by atoms with van der Waals surface area (Å²) in [4.78, 5) is 24.1. The second-order valence-corrected chi connectivity index (χ2v) is 6.11. The number of hydrogen-bond donors (Lipinski definition) is 1. The SMILES string of the molecule is C=CCNC(=O)/C(C#N)=C/c1ccc(OC(=O)/C=C/c2ccc(OC)cc2)c(OC)c1. The number of methoxy groups -OCH3 is 2. The normalized spacial score (nSPS) is 10.8. The molecule has 0 aromatic heterocycles. The van der Waals surface area contributed by atoms with Gasteiger partial charge in [-0.05, 0) is 47.5 Å². The van der Waals surface area contributed by atoms with Gasteiger partial charge in [0.15, 0.2) is 11.5 Å². The molecule has 0 saturated carbocycles. The minimum Gasteiger partial charge on any atom is -0.497 e. The molecule has 0 fully saturated rings. The van der Waals surface area contributed by atoms with Crippen molar-refractivity contribution in [1.82, 2.24) is 5.32 Å². The first-order valence-electron chi connectivity index (χ1n) is 9.23. The molecule has 0 spiro atoms. The lowest BCUT2D eigenvalue weighted by atomic mass is 10.1. The Kier molecular flexibility index (Phi) is 8.62. The van der Waals surface area contributed by atoms with E-state index in [1.54, 1.807) is 37.5 Å². The minimum atomic E-state index is -0.584. The summed E-state index contributed by atoms with van der Waals surface area (Å²) in [5.74, 6) is 0.109. The Labute approximate surface area is 180 Å². The molecule has 158 valence electrons. The zero-order valence-electron chi connectivity index (χ0n) is 17.3. The van der Waals surface area contributed by atoms with Crippen LogP contribution in [0, 0.1) is 11.3 Å². The molecule has 0 saturated heterocycles. The largest absolute Gasteiger partial charge is 0.497 e. The third kappa shape index (κ3) is 6.91. The number of nitriles is 1. The predicted molar refractivity (Wildman–Crippen MR) is 117 cm³/mol. The van der Waals surface area contributed by atoms with E-state index in [1.165, 1.54) is 31.4 Å². The first-order chi connectivity index (χ1) is 15.0. The fourth-order valence-electron chi connectivity index (χ4n) is 2.46. The fraction of sp³-hybridized carbons (Fsp3) is 0.125. The summed E-state index contributed by atoms with van der Waals surface area (Å²) in [7, 11) is 3.00. The number of esters is 1. The molecule has 0 bridgehead atoms. The van der Waals surface area contributed by atoms with Crippen molar-refractivity contribution in [3.63, 3.8) is 0 Å². The number of nitrogens with one attached hydrogen (secondary N) is 1. The van der Waals surface area contributed by atoms with Gasteiger partial charge in [-0.25, -0.2) is 4.79 Å². The number of ether oxygens (including phenoxy) is 3. The summed E-state index contributed by atoms with van der Waals surface area (Å²) < 4.78 is 15.7. The van der Waals surface area contributed by atoms with E-state index < -0.39 is 11.9 Å². The van der Waals surface area contributed by atoms with Gasteiger partial charge in [-0.3, -0.25) is 4.79 Å². The van der Waals surface area contributed by atoms with Crippen LogP contribution in [0.25, 0.3) is 12.2 Å². The van der Waals surface area contributed by atoms with Crippen LogP contribution in [0.4, 0.5) is 0 Å². The van der Waals surface area contributed by atoms with E-state index >= 15 is 0 Å². The molecule has 2 rings (SSSR count). The summed E-state index contributed by atoms with van der Waals surface area (Å²) in [6.07, 6.45) is 5.84. The summed E-state index contributed by atoms with van der Waals surface area (Å²) in [5.41, 5.74) is 1.27. The van der Waals surface area contributed by atoms with Crippen LogP contribution in [0.5, 0.6) is 17.2 Å². The van der Waals surface area contributed by atoms with Crippen molar-refractivity contribution in [2.75, 3.05) is 20.8 Å². The van der Waals surface area contributed by atoms with E-state index in [1.807, 2.05) is 18.2 Å². The molecule has 0 aliphatic rings. The molecule has 0 heterocycles. The molecule has 31 heavy (non-hydrogen) atoms. The van der Waals surface area contributed by atoms with Crippen LogP contribution in [-0.2, 0) is 9.59 Å². The van der Waals surface area contributed by atoms with Gasteiger partial charge in [0, 0.05) is 12.6 Å². The molecule has 0 atom stereocenters. The number of rotatable bonds is 9. The average molecular weight is 418 g/mol. The van der Waals surface area contributed by atoms with Gasteiger partial charge in [-0.1, -0.05) is 24.3 Å². The summed E-state index contributed by atoms with van der Waals surface area (Å²) in [6.45, 7) is 3.76. The van der Waals surface area contributed by atoms with Crippen molar-refractivity contribution in [1.29, 1.82) is 5.26 Å². The summed E-state index contributed by atoms with van der Waals surface area (Å²) >= 11 is 0. The summed E-state index contributed by atoms with van der Waals surface area (Å²) in [5, 5.41) is 11.8. The quantitative estimate of drug-likeness (QED) is 0.220. The first kappa shape index (κ1) is 23.0. The summed E-state index contributed by atoms with van der Waals surface area (Å²) in [6, 6.07) is 13.7. The van der Waals surface area contributed by atoms with Gasteiger partial charge in [0.1, 0.15) is 17.4 Å². The highest BCUT2D eigenvalue weighted by molar-refractivity contribution is 6.01. The maximum atomic E-state index is 12.2. The van der Waals surface area contributed by atoms with Crippen molar-refractivity contribution >= 4 is 24.0 Å². The Balaban J connectivity index is 2.13. The molecule has 0 radical (unpaired) electrons. The molecule has 2 aromatic rings. The standard InChI is InChI=1S/C24H22N2O5/c1-4-13-26-24(28)19(16-25)14-18-7-11-21(22(15-18)30-3)31-23(27)12-8-17-5-9-20(29-2)10-6-17/h4-12,14-15H,1,13H2,2-3H3,(H,26,28)/b12-8+,19-14+. The molecule has 0 unspecified atom stereocenters. The van der Waals surface area contributed by atoms with Crippen molar-refractivity contribution in [3.05, 3.63) is 77.9 Å². The number of amides is 1. The smallest absolute Gasteiger partial charge is 0.336 e. The zero-order valence-corrected chi connectivity index (χ0v) is 17.3. The lowest BCUT2D eigenvalue weighted by molar-refractivity contribution is -0.129. The Morgan fingerprint density at radius 2 is 1.77 bits per heavy atom. The van der Waals surface area contributed by atoms with E-state index in [0.29, 0.717) is 5.56 Å². The molecule has 1 N–H and O–H groups in total. The maximum Gasteiger partial charge on any atom is 0.336 e. The highest BCUT2D eigenvalue weighted by Crippen LogP contribution is 2.29. The number of hydrogen-bond acceptors (Lipinski definition) is 6. The molecule has 0 aliphatic heterocycles. The second kappa shape index (κ2) is 11.6. The Bertz CT molecular complexity index is 1050.